The highest BCUT2D eigenvalue weighted by Crippen LogP contribution is 2.37. The zero-order valence-electron chi connectivity index (χ0n) is 13.2. The second-order valence-electron chi connectivity index (χ2n) is 5.44. The number of hydrogen-bond acceptors (Lipinski definition) is 5. The smallest absolute Gasteiger partial charge is 0.232 e. The Morgan fingerprint density at radius 2 is 2.29 bits per heavy atom. The predicted molar refractivity (Wildman–Crippen MR) is 95.6 cm³/mol. The number of aromatic nitrogens is 1. The van der Waals surface area contributed by atoms with E-state index in [9.17, 15) is 9.90 Å². The van der Waals surface area contributed by atoms with Crippen LogP contribution in [0.3, 0.4) is 0 Å². The van der Waals surface area contributed by atoms with Gasteiger partial charge in [0.2, 0.25) is 5.91 Å². The molecule has 0 atom stereocenters. The number of ether oxygens (including phenoxy) is 1. The topological polar surface area (TPSA) is 62.7 Å². The molecule has 126 valence electrons. The quantitative estimate of drug-likeness (QED) is 0.906. The Balaban J connectivity index is 1.96. The molecule has 2 heterocycles. The highest BCUT2D eigenvalue weighted by Gasteiger charge is 2.22. The van der Waals surface area contributed by atoms with Crippen LogP contribution in [-0.4, -0.2) is 46.1 Å². The van der Waals surface area contributed by atoms with Gasteiger partial charge in [-0.05, 0) is 30.5 Å². The first kappa shape index (κ1) is 16.9. The van der Waals surface area contributed by atoms with E-state index in [0.717, 1.165) is 11.1 Å². The van der Waals surface area contributed by atoms with Gasteiger partial charge in [0.05, 0.1) is 23.0 Å². The maximum Gasteiger partial charge on any atom is 0.232 e. The molecule has 7 heteroatoms. The van der Waals surface area contributed by atoms with Crippen LogP contribution in [-0.2, 0) is 11.3 Å². The van der Waals surface area contributed by atoms with Gasteiger partial charge < -0.3 is 14.7 Å². The Hall–Kier alpha value is -1.92. The van der Waals surface area contributed by atoms with Crippen molar-refractivity contribution in [3.05, 3.63) is 41.0 Å². The van der Waals surface area contributed by atoms with Crippen LogP contribution in [0.15, 0.2) is 30.5 Å². The number of carbonyl (C=O) groups excluding carboxylic acids is 1. The molecule has 2 aromatic rings. The Labute approximate surface area is 149 Å². The second-order valence-corrected chi connectivity index (χ2v) is 6.74. The van der Waals surface area contributed by atoms with Crippen LogP contribution < -0.4 is 4.74 Å². The van der Waals surface area contributed by atoms with Gasteiger partial charge in [-0.15, -0.1) is 0 Å². The summed E-state index contributed by atoms with van der Waals surface area (Å²) in [6.45, 7) is 1.27. The van der Waals surface area contributed by atoms with Crippen LogP contribution in [0.2, 0.25) is 5.02 Å². The standard InChI is InChI=1S/C17H17ClN2O3S/c1-24-10-16(22)20-4-5-23-17-12(9-20)6-11(7-15(17)21)14-3-2-13(18)8-19-14/h2-3,6-8,21H,4-5,9-10H2,1H3. The van der Waals surface area contributed by atoms with Crippen LogP contribution in [0.1, 0.15) is 5.56 Å². The van der Waals surface area contributed by atoms with Crippen LogP contribution in [0.5, 0.6) is 11.5 Å². The van der Waals surface area contributed by atoms with Crippen LogP contribution in [0.25, 0.3) is 11.3 Å². The number of carbonyl (C=O) groups is 1. The van der Waals surface area contributed by atoms with Crippen molar-refractivity contribution in [1.29, 1.82) is 0 Å². The molecule has 0 radical (unpaired) electrons. The van der Waals surface area contributed by atoms with Gasteiger partial charge in [0.25, 0.3) is 0 Å². The number of thioether (sulfide) groups is 1. The maximum atomic E-state index is 12.2. The Morgan fingerprint density at radius 3 is 3.00 bits per heavy atom. The summed E-state index contributed by atoms with van der Waals surface area (Å²) in [6.07, 6.45) is 3.46. The van der Waals surface area contributed by atoms with Gasteiger partial charge in [-0.25, -0.2) is 0 Å². The molecule has 0 spiro atoms. The van der Waals surface area contributed by atoms with Crippen LogP contribution >= 0.6 is 23.4 Å². The number of phenolic OH excluding ortho intramolecular Hbond substituents is 1. The lowest BCUT2D eigenvalue weighted by atomic mass is 10.0. The first-order valence-corrected chi connectivity index (χ1v) is 9.23. The summed E-state index contributed by atoms with van der Waals surface area (Å²) < 4.78 is 5.66. The lowest BCUT2D eigenvalue weighted by Gasteiger charge is -2.19. The van der Waals surface area contributed by atoms with E-state index in [1.807, 2.05) is 12.3 Å². The van der Waals surface area contributed by atoms with Crippen molar-refractivity contribution in [2.24, 2.45) is 0 Å². The van der Waals surface area contributed by atoms with Crippen molar-refractivity contribution in [2.75, 3.05) is 25.2 Å². The lowest BCUT2D eigenvalue weighted by Crippen LogP contribution is -2.33. The Kier molecular flexibility index (Phi) is 5.16. The van der Waals surface area contributed by atoms with Gasteiger partial charge in [-0.2, -0.15) is 11.8 Å². The molecule has 0 aliphatic carbocycles. The first-order valence-electron chi connectivity index (χ1n) is 7.46. The van der Waals surface area contributed by atoms with Gasteiger partial charge in [0.15, 0.2) is 11.5 Å². The minimum Gasteiger partial charge on any atom is -0.504 e. The molecule has 0 bridgehead atoms. The first-order chi connectivity index (χ1) is 11.6. The van der Waals surface area contributed by atoms with Crippen molar-refractivity contribution in [3.8, 4) is 22.8 Å². The van der Waals surface area contributed by atoms with E-state index in [0.29, 0.717) is 41.9 Å². The summed E-state index contributed by atoms with van der Waals surface area (Å²) in [5.74, 6) is 0.985. The van der Waals surface area contributed by atoms with Crippen LogP contribution in [0.4, 0.5) is 0 Å². The summed E-state index contributed by atoms with van der Waals surface area (Å²) in [7, 11) is 0. The number of rotatable bonds is 3. The van der Waals surface area contributed by atoms with E-state index in [1.165, 1.54) is 11.8 Å². The van der Waals surface area contributed by atoms with E-state index in [1.54, 1.807) is 29.3 Å². The van der Waals surface area contributed by atoms with Crippen molar-refractivity contribution in [3.63, 3.8) is 0 Å². The highest BCUT2D eigenvalue weighted by atomic mass is 35.5. The molecule has 5 nitrogen and oxygen atoms in total. The Morgan fingerprint density at radius 1 is 1.46 bits per heavy atom. The third-order valence-corrected chi connectivity index (χ3v) is 4.52. The van der Waals surface area contributed by atoms with Crippen molar-refractivity contribution < 1.29 is 14.6 Å². The third kappa shape index (κ3) is 3.60. The fraction of sp³-hybridized carbons (Fsp3) is 0.294. The molecule has 1 N–H and O–H groups in total. The number of halogens is 1. The van der Waals surface area contributed by atoms with Gasteiger partial charge in [-0.3, -0.25) is 9.78 Å². The summed E-state index contributed by atoms with van der Waals surface area (Å²) in [6, 6.07) is 7.06. The van der Waals surface area contributed by atoms with Crippen molar-refractivity contribution in [1.82, 2.24) is 9.88 Å². The van der Waals surface area contributed by atoms with E-state index < -0.39 is 0 Å². The van der Waals surface area contributed by atoms with Gasteiger partial charge in [0.1, 0.15) is 6.61 Å². The fourth-order valence-corrected chi connectivity index (χ4v) is 3.16. The minimum atomic E-state index is 0.0541. The molecule has 0 saturated carbocycles. The molecule has 1 aromatic carbocycles. The summed E-state index contributed by atoms with van der Waals surface area (Å²) >= 11 is 7.37. The second kappa shape index (κ2) is 7.32. The number of hydrogen-bond donors (Lipinski definition) is 1. The molecular formula is C17H17ClN2O3S. The number of amides is 1. The molecule has 1 aliphatic heterocycles. The zero-order valence-corrected chi connectivity index (χ0v) is 14.7. The number of pyridine rings is 1. The average molecular weight is 365 g/mol. The summed E-state index contributed by atoms with van der Waals surface area (Å²) in [5, 5.41) is 10.9. The molecule has 3 rings (SSSR count). The predicted octanol–water partition coefficient (Wildman–Crippen LogP) is 3.19. The summed E-state index contributed by atoms with van der Waals surface area (Å²) in [5.41, 5.74) is 2.23. The zero-order chi connectivity index (χ0) is 17.1. The fourth-order valence-electron chi connectivity index (χ4n) is 2.62. The van der Waals surface area contributed by atoms with E-state index in [-0.39, 0.29) is 11.7 Å². The van der Waals surface area contributed by atoms with Gasteiger partial charge >= 0.3 is 0 Å². The number of aromatic hydroxyl groups is 1. The third-order valence-electron chi connectivity index (χ3n) is 3.76. The van der Waals surface area contributed by atoms with E-state index >= 15 is 0 Å². The molecule has 1 aromatic heterocycles. The highest BCUT2D eigenvalue weighted by molar-refractivity contribution is 7.99. The molecule has 0 saturated heterocycles. The maximum absolute atomic E-state index is 12.2. The van der Waals surface area contributed by atoms with Gasteiger partial charge in [-0.1, -0.05) is 11.6 Å². The summed E-state index contributed by atoms with van der Waals surface area (Å²) in [4.78, 5) is 18.2. The Bertz CT molecular complexity index is 752. The molecule has 24 heavy (non-hydrogen) atoms. The minimum absolute atomic E-state index is 0.0541. The molecule has 0 unspecified atom stereocenters. The van der Waals surface area contributed by atoms with Crippen molar-refractivity contribution in [2.45, 2.75) is 6.54 Å². The largest absolute Gasteiger partial charge is 0.504 e. The number of phenols is 1. The normalized spacial score (nSPS) is 13.8. The number of fused-ring (bicyclic) bond motifs is 1. The number of benzene rings is 1. The van der Waals surface area contributed by atoms with Gasteiger partial charge in [0, 0.05) is 23.9 Å². The monoisotopic (exact) mass is 364 g/mol. The van der Waals surface area contributed by atoms with E-state index in [4.69, 9.17) is 16.3 Å². The molecule has 1 amide bonds. The average Bonchev–Trinajstić information content (AvgIpc) is 2.78. The van der Waals surface area contributed by atoms with Crippen LogP contribution in [0, 0.1) is 0 Å². The number of nitrogens with zero attached hydrogens (tertiary/aromatic N) is 2. The van der Waals surface area contributed by atoms with Crippen molar-refractivity contribution >= 4 is 29.3 Å². The molecule has 0 fully saturated rings. The molecular weight excluding hydrogens is 348 g/mol. The molecule has 1 aliphatic rings. The lowest BCUT2D eigenvalue weighted by molar-refractivity contribution is -0.129. The van der Waals surface area contributed by atoms with E-state index in [2.05, 4.69) is 4.98 Å². The SMILES string of the molecule is CSCC(=O)N1CCOc2c(O)cc(-c3ccc(Cl)cn3)cc2C1.